The molecule has 0 aliphatic heterocycles. The van der Waals surface area contributed by atoms with Gasteiger partial charge in [0.15, 0.2) is 5.78 Å². The molecular formula is C21H20N2O3. The minimum Gasteiger partial charge on any atom is -0.457 e. The van der Waals surface area contributed by atoms with Gasteiger partial charge in [-0.15, -0.1) is 0 Å². The van der Waals surface area contributed by atoms with E-state index in [2.05, 4.69) is 5.32 Å². The summed E-state index contributed by atoms with van der Waals surface area (Å²) in [4.78, 5) is 23.8. The maximum Gasteiger partial charge on any atom is 0.272 e. The quantitative estimate of drug-likeness (QED) is 0.687. The number of hydrogen-bond acceptors (Lipinski definition) is 3. The highest BCUT2D eigenvalue weighted by molar-refractivity contribution is 6.05. The molecule has 0 bridgehead atoms. The molecule has 0 unspecified atom stereocenters. The molecule has 0 atom stereocenters. The zero-order valence-corrected chi connectivity index (χ0v) is 14.9. The summed E-state index contributed by atoms with van der Waals surface area (Å²) in [5.74, 6) is 1.10. The van der Waals surface area contributed by atoms with Crippen molar-refractivity contribution >= 4 is 17.4 Å². The van der Waals surface area contributed by atoms with Crippen molar-refractivity contribution in [3.63, 3.8) is 0 Å². The number of benzene rings is 2. The number of aryl methyl sites for hydroxylation is 2. The SMILES string of the molecule is CC(=O)c1cc(C(=O)Nc2ccc(Oc3ccc(C)cc3)cc2)n(C)c1. The molecule has 132 valence electrons. The number of anilines is 1. The first-order chi connectivity index (χ1) is 12.4. The summed E-state index contributed by atoms with van der Waals surface area (Å²) >= 11 is 0. The van der Waals surface area contributed by atoms with Crippen molar-refractivity contribution in [1.82, 2.24) is 4.57 Å². The third-order valence-corrected chi connectivity index (χ3v) is 4.01. The molecule has 0 radical (unpaired) electrons. The van der Waals surface area contributed by atoms with E-state index in [0.29, 0.717) is 22.7 Å². The Balaban J connectivity index is 1.68. The number of nitrogens with one attached hydrogen (secondary N) is 1. The molecule has 3 aromatic rings. The predicted molar refractivity (Wildman–Crippen MR) is 101 cm³/mol. The lowest BCUT2D eigenvalue weighted by Gasteiger charge is -2.09. The van der Waals surface area contributed by atoms with Gasteiger partial charge in [0.25, 0.3) is 5.91 Å². The molecule has 0 aliphatic rings. The van der Waals surface area contributed by atoms with Crippen molar-refractivity contribution in [2.45, 2.75) is 13.8 Å². The number of ketones is 1. The summed E-state index contributed by atoms with van der Waals surface area (Å²) in [5.41, 5.74) is 2.76. The third-order valence-electron chi connectivity index (χ3n) is 4.01. The molecule has 1 heterocycles. The number of hydrogen-bond donors (Lipinski definition) is 1. The van der Waals surface area contributed by atoms with Crippen LogP contribution in [-0.2, 0) is 7.05 Å². The summed E-state index contributed by atoms with van der Waals surface area (Å²) in [7, 11) is 1.74. The van der Waals surface area contributed by atoms with E-state index in [9.17, 15) is 9.59 Å². The number of aromatic nitrogens is 1. The minimum absolute atomic E-state index is 0.0720. The molecule has 1 amide bonds. The zero-order chi connectivity index (χ0) is 18.7. The van der Waals surface area contributed by atoms with Gasteiger partial charge in [0.2, 0.25) is 0 Å². The Morgan fingerprint density at radius 3 is 2.08 bits per heavy atom. The standard InChI is InChI=1S/C21H20N2O3/c1-14-4-8-18(9-5-14)26-19-10-6-17(7-11-19)22-21(25)20-12-16(15(2)24)13-23(20)3/h4-13H,1-3H3,(H,22,25). The Bertz CT molecular complexity index is 938. The molecule has 2 aromatic carbocycles. The first kappa shape index (κ1) is 17.5. The van der Waals surface area contributed by atoms with Crippen LogP contribution in [0.5, 0.6) is 11.5 Å². The van der Waals surface area contributed by atoms with Gasteiger partial charge < -0.3 is 14.6 Å². The number of carbonyl (C=O) groups excluding carboxylic acids is 2. The first-order valence-corrected chi connectivity index (χ1v) is 8.25. The first-order valence-electron chi connectivity index (χ1n) is 8.25. The molecular weight excluding hydrogens is 328 g/mol. The van der Waals surface area contributed by atoms with Crippen molar-refractivity contribution in [3.8, 4) is 11.5 Å². The Hall–Kier alpha value is -3.34. The van der Waals surface area contributed by atoms with Crippen LogP contribution in [0.15, 0.2) is 60.8 Å². The van der Waals surface area contributed by atoms with E-state index < -0.39 is 0 Å². The van der Waals surface area contributed by atoms with Crippen LogP contribution in [-0.4, -0.2) is 16.3 Å². The van der Waals surface area contributed by atoms with Gasteiger partial charge in [0.05, 0.1) is 0 Å². The van der Waals surface area contributed by atoms with Gasteiger partial charge in [-0.25, -0.2) is 0 Å². The minimum atomic E-state index is -0.271. The van der Waals surface area contributed by atoms with E-state index in [1.807, 2.05) is 31.2 Å². The van der Waals surface area contributed by atoms with Crippen LogP contribution in [0.1, 0.15) is 33.3 Å². The van der Waals surface area contributed by atoms with Crippen molar-refractivity contribution in [3.05, 3.63) is 77.6 Å². The topological polar surface area (TPSA) is 60.3 Å². The Kier molecular flexibility index (Phi) is 4.89. The molecule has 5 heteroatoms. The number of rotatable bonds is 5. The number of carbonyl (C=O) groups is 2. The summed E-state index contributed by atoms with van der Waals surface area (Å²) in [5, 5.41) is 2.82. The van der Waals surface area contributed by atoms with Gasteiger partial charge in [0, 0.05) is 24.5 Å². The van der Waals surface area contributed by atoms with Gasteiger partial charge in [-0.3, -0.25) is 9.59 Å². The molecule has 0 aliphatic carbocycles. The average molecular weight is 348 g/mol. The van der Waals surface area contributed by atoms with Crippen LogP contribution in [0.2, 0.25) is 0 Å². The molecule has 0 saturated heterocycles. The molecule has 5 nitrogen and oxygen atoms in total. The predicted octanol–water partition coefficient (Wildman–Crippen LogP) is 4.58. The van der Waals surface area contributed by atoms with Crippen LogP contribution in [0.4, 0.5) is 5.69 Å². The second-order valence-corrected chi connectivity index (χ2v) is 6.17. The molecule has 0 spiro atoms. The van der Waals surface area contributed by atoms with E-state index >= 15 is 0 Å². The lowest BCUT2D eigenvalue weighted by atomic mass is 10.2. The highest BCUT2D eigenvalue weighted by atomic mass is 16.5. The molecule has 1 N–H and O–H groups in total. The second-order valence-electron chi connectivity index (χ2n) is 6.17. The van der Waals surface area contributed by atoms with Crippen LogP contribution < -0.4 is 10.1 Å². The molecule has 0 saturated carbocycles. The Labute approximate surface area is 152 Å². The normalized spacial score (nSPS) is 10.4. The Morgan fingerprint density at radius 2 is 1.54 bits per heavy atom. The van der Waals surface area contributed by atoms with E-state index in [-0.39, 0.29) is 11.7 Å². The fourth-order valence-corrected chi connectivity index (χ4v) is 2.53. The highest BCUT2D eigenvalue weighted by Crippen LogP contribution is 2.23. The van der Waals surface area contributed by atoms with Crippen molar-refractivity contribution in [2.24, 2.45) is 7.05 Å². The molecule has 26 heavy (non-hydrogen) atoms. The number of ether oxygens (including phenoxy) is 1. The number of nitrogens with zero attached hydrogens (tertiary/aromatic N) is 1. The fraction of sp³-hybridized carbons (Fsp3) is 0.143. The molecule has 3 rings (SSSR count). The van der Waals surface area contributed by atoms with Crippen LogP contribution in [0, 0.1) is 6.92 Å². The van der Waals surface area contributed by atoms with E-state index in [4.69, 9.17) is 4.74 Å². The summed E-state index contributed by atoms with van der Waals surface area (Å²) in [6.45, 7) is 3.50. The van der Waals surface area contributed by atoms with Gasteiger partial charge in [-0.2, -0.15) is 0 Å². The summed E-state index contributed by atoms with van der Waals surface area (Å²) in [6, 6.07) is 16.5. The summed E-state index contributed by atoms with van der Waals surface area (Å²) < 4.78 is 7.41. The maximum atomic E-state index is 12.4. The van der Waals surface area contributed by atoms with Crippen molar-refractivity contribution in [2.75, 3.05) is 5.32 Å². The van der Waals surface area contributed by atoms with Crippen LogP contribution in [0.3, 0.4) is 0 Å². The highest BCUT2D eigenvalue weighted by Gasteiger charge is 2.14. The van der Waals surface area contributed by atoms with Gasteiger partial charge >= 0.3 is 0 Å². The third kappa shape index (κ3) is 4.00. The molecule has 0 fully saturated rings. The smallest absolute Gasteiger partial charge is 0.272 e. The monoisotopic (exact) mass is 348 g/mol. The Morgan fingerprint density at radius 1 is 0.962 bits per heavy atom. The molecule has 1 aromatic heterocycles. The average Bonchev–Trinajstić information content (AvgIpc) is 3.01. The van der Waals surface area contributed by atoms with Gasteiger partial charge in [-0.1, -0.05) is 17.7 Å². The van der Waals surface area contributed by atoms with Crippen molar-refractivity contribution < 1.29 is 14.3 Å². The van der Waals surface area contributed by atoms with Crippen LogP contribution in [0.25, 0.3) is 0 Å². The summed E-state index contributed by atoms with van der Waals surface area (Å²) in [6.07, 6.45) is 1.65. The van der Waals surface area contributed by atoms with Gasteiger partial charge in [0.1, 0.15) is 17.2 Å². The zero-order valence-electron chi connectivity index (χ0n) is 14.9. The van der Waals surface area contributed by atoms with E-state index in [1.165, 1.54) is 12.5 Å². The van der Waals surface area contributed by atoms with E-state index in [1.54, 1.807) is 48.1 Å². The lowest BCUT2D eigenvalue weighted by molar-refractivity contribution is 0.101. The number of Topliss-reactive ketones (excluding diaryl/α,β-unsaturated/α-hetero) is 1. The van der Waals surface area contributed by atoms with Crippen LogP contribution >= 0.6 is 0 Å². The largest absolute Gasteiger partial charge is 0.457 e. The second kappa shape index (κ2) is 7.27. The van der Waals surface area contributed by atoms with Gasteiger partial charge in [-0.05, 0) is 56.3 Å². The van der Waals surface area contributed by atoms with E-state index in [0.717, 1.165) is 5.75 Å². The number of amides is 1. The lowest BCUT2D eigenvalue weighted by Crippen LogP contribution is -2.15. The van der Waals surface area contributed by atoms with Crippen molar-refractivity contribution in [1.29, 1.82) is 0 Å². The maximum absolute atomic E-state index is 12.4. The fourth-order valence-electron chi connectivity index (χ4n) is 2.53.